The number of methoxy groups -OCH3 is 1. The van der Waals surface area contributed by atoms with Gasteiger partial charge in [0, 0.05) is 19.1 Å². The van der Waals surface area contributed by atoms with Crippen molar-refractivity contribution >= 4 is 5.84 Å². The van der Waals surface area contributed by atoms with Gasteiger partial charge in [-0.3, -0.25) is 0 Å². The lowest BCUT2D eigenvalue weighted by atomic mass is 9.86. The fourth-order valence-corrected chi connectivity index (χ4v) is 1.81. The van der Waals surface area contributed by atoms with E-state index in [0.29, 0.717) is 5.84 Å². The highest BCUT2D eigenvalue weighted by Crippen LogP contribution is 2.23. The van der Waals surface area contributed by atoms with Crippen molar-refractivity contribution < 1.29 is 9.94 Å². The van der Waals surface area contributed by atoms with Crippen molar-refractivity contribution in [2.75, 3.05) is 33.4 Å². The molecule has 5 nitrogen and oxygen atoms in total. The zero-order valence-electron chi connectivity index (χ0n) is 12.3. The molecule has 5 heteroatoms. The molecular weight excluding hydrogens is 230 g/mol. The maximum atomic E-state index is 8.69. The summed E-state index contributed by atoms with van der Waals surface area (Å²) in [5.74, 6) is 0.314. The summed E-state index contributed by atoms with van der Waals surface area (Å²) in [7, 11) is 1.73. The van der Waals surface area contributed by atoms with Crippen molar-refractivity contribution in [1.82, 2.24) is 4.90 Å². The van der Waals surface area contributed by atoms with E-state index in [2.05, 4.69) is 17.0 Å². The molecule has 0 aromatic rings. The van der Waals surface area contributed by atoms with Crippen molar-refractivity contribution in [2.45, 2.75) is 40.0 Å². The highest BCUT2D eigenvalue weighted by atomic mass is 16.5. The summed E-state index contributed by atoms with van der Waals surface area (Å²) in [5, 5.41) is 11.8. The van der Waals surface area contributed by atoms with E-state index < -0.39 is 0 Å². The Morgan fingerprint density at radius 1 is 1.33 bits per heavy atom. The maximum Gasteiger partial charge on any atom is 0.144 e. The molecule has 108 valence electrons. The standard InChI is InChI=1S/C13H29N3O2/c1-5-16(10-11-18-4)9-7-6-8-13(2,3)12(14)15-17/h17H,5-11H2,1-4H3,(H2,14,15). The average Bonchev–Trinajstić information content (AvgIpc) is 2.36. The molecule has 0 radical (unpaired) electrons. The van der Waals surface area contributed by atoms with Gasteiger partial charge in [0.15, 0.2) is 0 Å². The van der Waals surface area contributed by atoms with Gasteiger partial charge in [-0.25, -0.2) is 0 Å². The van der Waals surface area contributed by atoms with Crippen LogP contribution in [0, 0.1) is 5.41 Å². The van der Waals surface area contributed by atoms with Crippen LogP contribution in [0.5, 0.6) is 0 Å². The Morgan fingerprint density at radius 3 is 2.50 bits per heavy atom. The van der Waals surface area contributed by atoms with Gasteiger partial charge in [-0.1, -0.05) is 32.3 Å². The zero-order chi connectivity index (χ0) is 14.0. The van der Waals surface area contributed by atoms with E-state index in [9.17, 15) is 0 Å². The highest BCUT2D eigenvalue weighted by Gasteiger charge is 2.22. The van der Waals surface area contributed by atoms with E-state index in [1.807, 2.05) is 13.8 Å². The van der Waals surface area contributed by atoms with Crippen LogP contribution < -0.4 is 5.73 Å². The number of hydrogen-bond donors (Lipinski definition) is 2. The first-order chi connectivity index (χ1) is 8.47. The van der Waals surface area contributed by atoms with Crippen molar-refractivity contribution in [3.8, 4) is 0 Å². The van der Waals surface area contributed by atoms with Crippen LogP contribution in [0.1, 0.15) is 40.0 Å². The smallest absolute Gasteiger partial charge is 0.144 e. The molecule has 0 atom stereocenters. The lowest BCUT2D eigenvalue weighted by Crippen LogP contribution is -2.32. The van der Waals surface area contributed by atoms with Crippen molar-refractivity contribution in [3.63, 3.8) is 0 Å². The molecule has 0 aromatic carbocycles. The molecule has 0 aliphatic rings. The number of likely N-dealkylation sites (N-methyl/N-ethyl adjacent to an activating group) is 1. The topological polar surface area (TPSA) is 71.1 Å². The molecule has 0 saturated carbocycles. The molecule has 0 aromatic heterocycles. The predicted molar refractivity (Wildman–Crippen MR) is 75.0 cm³/mol. The third-order valence-electron chi connectivity index (χ3n) is 3.39. The fraction of sp³-hybridized carbons (Fsp3) is 0.923. The van der Waals surface area contributed by atoms with Crippen LogP contribution in [0.2, 0.25) is 0 Å². The van der Waals surface area contributed by atoms with Gasteiger partial charge < -0.3 is 20.6 Å². The van der Waals surface area contributed by atoms with Gasteiger partial charge in [-0.05, 0) is 25.9 Å². The van der Waals surface area contributed by atoms with Gasteiger partial charge in [0.2, 0.25) is 0 Å². The maximum absolute atomic E-state index is 8.69. The van der Waals surface area contributed by atoms with Crippen molar-refractivity contribution in [1.29, 1.82) is 0 Å². The normalized spacial score (nSPS) is 13.3. The molecule has 0 heterocycles. The Kier molecular flexibility index (Phi) is 8.75. The molecule has 0 spiro atoms. The molecule has 0 bridgehead atoms. The first kappa shape index (κ1) is 17.2. The first-order valence-corrected chi connectivity index (χ1v) is 6.67. The predicted octanol–water partition coefficient (Wildman–Crippen LogP) is 1.90. The quantitative estimate of drug-likeness (QED) is 0.207. The minimum absolute atomic E-state index is 0.224. The largest absolute Gasteiger partial charge is 0.409 e. The summed E-state index contributed by atoms with van der Waals surface area (Å²) in [4.78, 5) is 2.37. The SMILES string of the molecule is CCN(CCCCC(C)(C)C(N)=NO)CCOC. The Morgan fingerprint density at radius 2 is 2.00 bits per heavy atom. The van der Waals surface area contributed by atoms with E-state index in [4.69, 9.17) is 15.7 Å². The van der Waals surface area contributed by atoms with E-state index in [1.54, 1.807) is 7.11 Å². The molecule has 0 fully saturated rings. The third-order valence-corrected chi connectivity index (χ3v) is 3.39. The van der Waals surface area contributed by atoms with Crippen LogP contribution in [0.15, 0.2) is 5.16 Å². The number of hydrogen-bond acceptors (Lipinski definition) is 4. The van der Waals surface area contributed by atoms with Gasteiger partial charge in [0.05, 0.1) is 6.61 Å². The van der Waals surface area contributed by atoms with Crippen LogP contribution >= 0.6 is 0 Å². The summed E-state index contributed by atoms with van der Waals surface area (Å²) in [6, 6.07) is 0. The van der Waals surface area contributed by atoms with E-state index in [0.717, 1.165) is 45.5 Å². The zero-order valence-corrected chi connectivity index (χ0v) is 12.3. The second-order valence-corrected chi connectivity index (χ2v) is 5.25. The van der Waals surface area contributed by atoms with E-state index >= 15 is 0 Å². The number of amidine groups is 1. The highest BCUT2D eigenvalue weighted by molar-refractivity contribution is 5.85. The van der Waals surface area contributed by atoms with Crippen molar-refractivity contribution in [2.24, 2.45) is 16.3 Å². The number of rotatable bonds is 10. The van der Waals surface area contributed by atoms with Gasteiger partial charge >= 0.3 is 0 Å². The van der Waals surface area contributed by atoms with Gasteiger partial charge in [0.25, 0.3) is 0 Å². The Balaban J connectivity index is 3.84. The van der Waals surface area contributed by atoms with Crippen molar-refractivity contribution in [3.05, 3.63) is 0 Å². The lowest BCUT2D eigenvalue weighted by Gasteiger charge is -2.24. The second-order valence-electron chi connectivity index (χ2n) is 5.25. The molecule has 0 aliphatic carbocycles. The van der Waals surface area contributed by atoms with Gasteiger partial charge in [0.1, 0.15) is 5.84 Å². The number of nitrogens with two attached hydrogens (primary N) is 1. The number of oxime groups is 1. The molecule has 18 heavy (non-hydrogen) atoms. The molecule has 3 N–H and O–H groups in total. The second kappa shape index (κ2) is 9.16. The van der Waals surface area contributed by atoms with Gasteiger partial charge in [-0.15, -0.1) is 0 Å². The third kappa shape index (κ3) is 6.81. The number of unbranched alkanes of at least 4 members (excludes halogenated alkanes) is 1. The molecule has 0 saturated heterocycles. The number of ether oxygens (including phenoxy) is 1. The van der Waals surface area contributed by atoms with Gasteiger partial charge in [-0.2, -0.15) is 0 Å². The fourth-order valence-electron chi connectivity index (χ4n) is 1.81. The molecule has 0 rings (SSSR count). The van der Waals surface area contributed by atoms with Crippen LogP contribution in [0.3, 0.4) is 0 Å². The molecule has 0 aliphatic heterocycles. The van der Waals surface area contributed by atoms with Crippen LogP contribution in [0.4, 0.5) is 0 Å². The van der Waals surface area contributed by atoms with Crippen LogP contribution in [-0.4, -0.2) is 49.3 Å². The molecule has 0 amide bonds. The number of nitrogens with zero attached hydrogens (tertiary/aromatic N) is 2. The summed E-state index contributed by atoms with van der Waals surface area (Å²) >= 11 is 0. The van der Waals surface area contributed by atoms with Crippen LogP contribution in [0.25, 0.3) is 0 Å². The average molecular weight is 259 g/mol. The summed E-state index contributed by atoms with van der Waals surface area (Å²) in [6.45, 7) is 10.1. The summed E-state index contributed by atoms with van der Waals surface area (Å²) in [6.07, 6.45) is 3.14. The molecule has 0 unspecified atom stereocenters. The Bertz CT molecular complexity index is 242. The van der Waals surface area contributed by atoms with Crippen LogP contribution in [-0.2, 0) is 4.74 Å². The summed E-state index contributed by atoms with van der Waals surface area (Å²) < 4.78 is 5.08. The minimum atomic E-state index is -0.224. The lowest BCUT2D eigenvalue weighted by molar-refractivity contribution is 0.149. The Hall–Kier alpha value is -0.810. The minimum Gasteiger partial charge on any atom is -0.409 e. The molecular formula is C13H29N3O2. The Labute approximate surface area is 111 Å². The first-order valence-electron chi connectivity index (χ1n) is 6.67. The monoisotopic (exact) mass is 259 g/mol. The van der Waals surface area contributed by atoms with E-state index in [1.165, 1.54) is 0 Å². The van der Waals surface area contributed by atoms with E-state index in [-0.39, 0.29) is 5.41 Å². The summed E-state index contributed by atoms with van der Waals surface area (Å²) in [5.41, 5.74) is 5.43.